The molecule has 0 aliphatic carbocycles. The topological polar surface area (TPSA) is 44.8 Å². The largest absolute Gasteiger partial charge is 0.494 e. The summed E-state index contributed by atoms with van der Waals surface area (Å²) < 4.78 is 15.6. The molecule has 0 unspecified atom stereocenters. The molecule has 4 heteroatoms. The maximum absolute atomic E-state index is 10.0. The molecule has 0 heterocycles. The molecule has 0 amide bonds. The van der Waals surface area contributed by atoms with E-state index < -0.39 is 0 Å². The Hall–Kier alpha value is -2.07. The molecule has 0 spiro atoms. The highest BCUT2D eigenvalue weighted by molar-refractivity contribution is 5.67. The second-order valence-electron chi connectivity index (χ2n) is 5.45. The Bertz CT molecular complexity index is 529. The van der Waals surface area contributed by atoms with Gasteiger partial charge in [0.05, 0.1) is 19.8 Å². The van der Waals surface area contributed by atoms with E-state index in [0.29, 0.717) is 26.3 Å². The molecule has 0 aliphatic heterocycles. The number of hydrogen-bond acceptors (Lipinski definition) is 4. The fraction of sp³-hybridized carbons (Fsp3) is 0.450. The third kappa shape index (κ3) is 7.97. The molecule has 0 bridgehead atoms. The lowest BCUT2D eigenvalue weighted by Crippen LogP contribution is -2.04. The first-order valence-corrected chi connectivity index (χ1v) is 8.43. The lowest BCUT2D eigenvalue weighted by molar-refractivity contribution is -0.130. The van der Waals surface area contributed by atoms with Crippen molar-refractivity contribution >= 4 is 12.0 Å². The van der Waals surface area contributed by atoms with Crippen molar-refractivity contribution in [3.8, 4) is 5.75 Å². The molecule has 0 saturated heterocycles. The maximum atomic E-state index is 10.0. The van der Waals surface area contributed by atoms with Crippen molar-refractivity contribution in [2.75, 3.05) is 26.4 Å². The molecule has 0 aromatic heterocycles. The Kier molecular flexibility index (Phi) is 10.3. The Balaban J connectivity index is 2.58. The molecule has 0 fully saturated rings. The van der Waals surface area contributed by atoms with Crippen LogP contribution in [0.4, 0.5) is 0 Å². The highest BCUT2D eigenvalue weighted by Crippen LogP contribution is 2.21. The van der Waals surface area contributed by atoms with Gasteiger partial charge in [0.2, 0.25) is 0 Å². The third-order valence-electron chi connectivity index (χ3n) is 3.39. The van der Waals surface area contributed by atoms with Gasteiger partial charge in [-0.3, -0.25) is 4.79 Å². The van der Waals surface area contributed by atoms with Crippen LogP contribution in [-0.2, 0) is 14.3 Å². The van der Waals surface area contributed by atoms with E-state index >= 15 is 0 Å². The van der Waals surface area contributed by atoms with Gasteiger partial charge in [0.25, 0.3) is 6.47 Å². The monoisotopic (exact) mass is 332 g/mol. The smallest absolute Gasteiger partial charge is 0.293 e. The number of benzene rings is 1. The summed E-state index contributed by atoms with van der Waals surface area (Å²) in [5, 5.41) is 0. The van der Waals surface area contributed by atoms with E-state index in [-0.39, 0.29) is 0 Å². The van der Waals surface area contributed by atoms with Crippen LogP contribution in [0.3, 0.4) is 0 Å². The second kappa shape index (κ2) is 12.4. The highest BCUT2D eigenvalue weighted by Gasteiger charge is 2.00. The zero-order valence-electron chi connectivity index (χ0n) is 14.9. The maximum Gasteiger partial charge on any atom is 0.293 e. The average Bonchev–Trinajstić information content (AvgIpc) is 2.61. The van der Waals surface area contributed by atoms with Gasteiger partial charge in [0.15, 0.2) is 0 Å². The number of allylic oxidation sites excluding steroid dienone is 3. The zero-order valence-corrected chi connectivity index (χ0v) is 14.9. The minimum absolute atomic E-state index is 0.291. The Morgan fingerprint density at radius 3 is 2.42 bits per heavy atom. The van der Waals surface area contributed by atoms with Gasteiger partial charge < -0.3 is 14.2 Å². The predicted octanol–water partition coefficient (Wildman–Crippen LogP) is 4.40. The van der Waals surface area contributed by atoms with Gasteiger partial charge in [-0.05, 0) is 48.6 Å². The molecule has 1 aromatic rings. The van der Waals surface area contributed by atoms with Crippen molar-refractivity contribution in [1.29, 1.82) is 0 Å². The summed E-state index contributed by atoms with van der Waals surface area (Å²) in [5.74, 6) is 0.911. The minimum Gasteiger partial charge on any atom is -0.494 e. The number of rotatable bonds is 12. The zero-order chi connectivity index (χ0) is 17.6. The first-order valence-electron chi connectivity index (χ1n) is 8.43. The molecule has 0 aliphatic rings. The fourth-order valence-corrected chi connectivity index (χ4v) is 2.08. The normalized spacial score (nSPS) is 12.1. The third-order valence-corrected chi connectivity index (χ3v) is 3.39. The van der Waals surface area contributed by atoms with E-state index in [1.165, 1.54) is 11.1 Å². The van der Waals surface area contributed by atoms with Crippen molar-refractivity contribution in [3.05, 3.63) is 47.6 Å². The van der Waals surface area contributed by atoms with Crippen LogP contribution in [0.2, 0.25) is 0 Å². The van der Waals surface area contributed by atoms with Crippen LogP contribution < -0.4 is 4.74 Å². The Morgan fingerprint density at radius 1 is 1.04 bits per heavy atom. The molecule has 132 valence electrons. The van der Waals surface area contributed by atoms with Gasteiger partial charge in [-0.2, -0.15) is 0 Å². The molecule has 24 heavy (non-hydrogen) atoms. The van der Waals surface area contributed by atoms with Gasteiger partial charge in [0.1, 0.15) is 12.4 Å². The second-order valence-corrected chi connectivity index (χ2v) is 5.45. The molecule has 0 radical (unpaired) electrons. The number of ether oxygens (including phenoxy) is 3. The predicted molar refractivity (Wildman–Crippen MR) is 97.1 cm³/mol. The number of carbonyl (C=O) groups is 1. The minimum atomic E-state index is 0.291. The van der Waals surface area contributed by atoms with Crippen LogP contribution in [0.25, 0.3) is 5.57 Å². The molecule has 1 aromatic carbocycles. The first kappa shape index (κ1) is 20.0. The quantitative estimate of drug-likeness (QED) is 0.323. The van der Waals surface area contributed by atoms with Gasteiger partial charge in [0, 0.05) is 0 Å². The summed E-state index contributed by atoms with van der Waals surface area (Å²) in [7, 11) is 0. The summed E-state index contributed by atoms with van der Waals surface area (Å²) in [6.45, 7) is 8.67. The van der Waals surface area contributed by atoms with Crippen molar-refractivity contribution in [1.82, 2.24) is 0 Å². The number of hydrogen-bond donors (Lipinski definition) is 0. The summed E-state index contributed by atoms with van der Waals surface area (Å²) in [6.07, 6.45) is 6.16. The molecular weight excluding hydrogens is 304 g/mol. The summed E-state index contributed by atoms with van der Waals surface area (Å²) in [4.78, 5) is 10.0. The highest BCUT2D eigenvalue weighted by atomic mass is 16.5. The molecule has 4 nitrogen and oxygen atoms in total. The van der Waals surface area contributed by atoms with Crippen LogP contribution in [-0.4, -0.2) is 32.9 Å². The van der Waals surface area contributed by atoms with Gasteiger partial charge in [-0.25, -0.2) is 0 Å². The molecule has 0 atom stereocenters. The molecule has 0 saturated carbocycles. The SMILES string of the molecule is CCCOc1ccc(/C(=C/C=C(\C)COCCOC=O)CC)cc1. The van der Waals surface area contributed by atoms with E-state index in [2.05, 4.69) is 42.9 Å². The van der Waals surface area contributed by atoms with Gasteiger partial charge >= 0.3 is 0 Å². The van der Waals surface area contributed by atoms with Crippen LogP contribution >= 0.6 is 0 Å². The van der Waals surface area contributed by atoms with E-state index in [4.69, 9.17) is 9.47 Å². The van der Waals surface area contributed by atoms with Crippen molar-refractivity contribution in [3.63, 3.8) is 0 Å². The van der Waals surface area contributed by atoms with Crippen molar-refractivity contribution in [2.24, 2.45) is 0 Å². The lowest BCUT2D eigenvalue weighted by atomic mass is 10.0. The van der Waals surface area contributed by atoms with Gasteiger partial charge in [-0.15, -0.1) is 0 Å². The summed E-state index contributed by atoms with van der Waals surface area (Å²) in [6, 6.07) is 8.22. The van der Waals surface area contributed by atoms with Crippen LogP contribution in [0, 0.1) is 0 Å². The van der Waals surface area contributed by atoms with E-state index in [1.807, 2.05) is 19.1 Å². The van der Waals surface area contributed by atoms with Crippen molar-refractivity contribution < 1.29 is 19.0 Å². The summed E-state index contributed by atoms with van der Waals surface area (Å²) >= 11 is 0. The van der Waals surface area contributed by atoms with E-state index in [0.717, 1.165) is 30.8 Å². The first-order chi connectivity index (χ1) is 11.7. The fourth-order valence-electron chi connectivity index (χ4n) is 2.08. The average molecular weight is 332 g/mol. The Labute approximate surface area is 145 Å². The standard InChI is InChI=1S/C20H28O4/c1-4-12-24-20-10-8-19(9-11-20)18(5-2)7-6-17(3)15-22-13-14-23-16-21/h6-11,16H,4-5,12-15H2,1-3H3/b17-6+,18-7+. The van der Waals surface area contributed by atoms with Crippen molar-refractivity contribution in [2.45, 2.75) is 33.6 Å². The molecule has 1 rings (SSSR count). The van der Waals surface area contributed by atoms with Crippen LogP contribution in [0.1, 0.15) is 39.2 Å². The molecule has 0 N–H and O–H groups in total. The van der Waals surface area contributed by atoms with Gasteiger partial charge in [-0.1, -0.05) is 38.1 Å². The lowest BCUT2D eigenvalue weighted by Gasteiger charge is -2.08. The van der Waals surface area contributed by atoms with Crippen LogP contribution in [0.15, 0.2) is 42.0 Å². The van der Waals surface area contributed by atoms with Crippen LogP contribution in [0.5, 0.6) is 5.75 Å². The number of carbonyl (C=O) groups excluding carboxylic acids is 1. The Morgan fingerprint density at radius 2 is 1.79 bits per heavy atom. The molecular formula is C20H28O4. The summed E-state index contributed by atoms with van der Waals surface area (Å²) in [5.41, 5.74) is 3.58. The van der Waals surface area contributed by atoms with E-state index in [1.54, 1.807) is 0 Å². The van der Waals surface area contributed by atoms with E-state index in [9.17, 15) is 4.79 Å².